The number of H-pyrrole nitrogens is 1. The molecule has 0 spiro atoms. The molecule has 1 fully saturated rings. The van der Waals surface area contributed by atoms with E-state index in [0.29, 0.717) is 23.2 Å². The van der Waals surface area contributed by atoms with Crippen molar-refractivity contribution in [3.8, 4) is 28.1 Å². The van der Waals surface area contributed by atoms with Gasteiger partial charge in [-0.2, -0.15) is 5.10 Å². The SMILES string of the molecule is CC(C)(C)NC1CCN(c2ncc(-c3ccc(-c4cn[nH]c4)c(F)c3O)nn2)C1.Cl.Cl. The Kier molecular flexibility index (Phi) is 7.80. The second kappa shape index (κ2) is 9.76. The van der Waals surface area contributed by atoms with E-state index in [4.69, 9.17) is 0 Å². The van der Waals surface area contributed by atoms with Crippen molar-refractivity contribution in [1.29, 1.82) is 0 Å². The number of benzene rings is 1. The van der Waals surface area contributed by atoms with Gasteiger partial charge in [0, 0.05) is 47.6 Å². The molecule has 168 valence electrons. The van der Waals surface area contributed by atoms with Gasteiger partial charge in [-0.05, 0) is 33.3 Å². The van der Waals surface area contributed by atoms with Crippen molar-refractivity contribution in [1.82, 2.24) is 30.7 Å². The van der Waals surface area contributed by atoms with Gasteiger partial charge in [0.15, 0.2) is 11.6 Å². The number of hydrogen-bond donors (Lipinski definition) is 3. The minimum absolute atomic E-state index is 0. The Hall–Kier alpha value is -2.49. The molecule has 8 nitrogen and oxygen atoms in total. The van der Waals surface area contributed by atoms with Crippen molar-refractivity contribution in [2.45, 2.75) is 38.8 Å². The summed E-state index contributed by atoms with van der Waals surface area (Å²) in [5.41, 5.74) is 1.42. The summed E-state index contributed by atoms with van der Waals surface area (Å²) in [5.74, 6) is -0.685. The monoisotopic (exact) mass is 469 g/mol. The number of halogens is 3. The maximum absolute atomic E-state index is 14.6. The number of anilines is 1. The molecule has 2 aromatic heterocycles. The van der Waals surface area contributed by atoms with Crippen LogP contribution in [-0.2, 0) is 0 Å². The Morgan fingerprint density at radius 3 is 2.52 bits per heavy atom. The zero-order chi connectivity index (χ0) is 20.6. The first-order chi connectivity index (χ1) is 13.8. The predicted octanol–water partition coefficient (Wildman–Crippen LogP) is 3.58. The van der Waals surface area contributed by atoms with Gasteiger partial charge in [0.1, 0.15) is 5.69 Å². The van der Waals surface area contributed by atoms with E-state index in [1.807, 2.05) is 0 Å². The van der Waals surface area contributed by atoms with E-state index in [9.17, 15) is 9.50 Å². The zero-order valence-electron chi connectivity index (χ0n) is 17.5. The average molecular weight is 470 g/mol. The Morgan fingerprint density at radius 1 is 1.16 bits per heavy atom. The van der Waals surface area contributed by atoms with Crippen LogP contribution in [0.2, 0.25) is 0 Å². The topological polar surface area (TPSA) is 103 Å². The smallest absolute Gasteiger partial charge is 0.245 e. The molecule has 1 atom stereocenters. The molecule has 1 unspecified atom stereocenters. The molecule has 1 aliphatic rings. The van der Waals surface area contributed by atoms with Crippen LogP contribution in [0.25, 0.3) is 22.4 Å². The van der Waals surface area contributed by atoms with Gasteiger partial charge in [0.25, 0.3) is 0 Å². The van der Waals surface area contributed by atoms with Gasteiger partial charge in [-0.25, -0.2) is 9.37 Å². The summed E-state index contributed by atoms with van der Waals surface area (Å²) in [4.78, 5) is 6.46. The van der Waals surface area contributed by atoms with Gasteiger partial charge < -0.3 is 15.3 Å². The van der Waals surface area contributed by atoms with Gasteiger partial charge in [0.2, 0.25) is 5.95 Å². The fourth-order valence-electron chi connectivity index (χ4n) is 3.60. The van der Waals surface area contributed by atoms with Crippen molar-refractivity contribution in [2.75, 3.05) is 18.0 Å². The first-order valence-corrected chi connectivity index (χ1v) is 9.55. The fourth-order valence-corrected chi connectivity index (χ4v) is 3.60. The maximum atomic E-state index is 14.6. The molecule has 0 aliphatic carbocycles. The molecule has 11 heteroatoms. The summed E-state index contributed by atoms with van der Waals surface area (Å²) >= 11 is 0. The Labute approximate surface area is 192 Å². The van der Waals surface area contributed by atoms with Crippen LogP contribution < -0.4 is 10.2 Å². The highest BCUT2D eigenvalue weighted by Crippen LogP contribution is 2.35. The standard InChI is InChI=1S/C20H24FN7O.2ClH/c1-20(2,3)25-13-6-7-28(11-13)19-22-10-16(26-27-19)15-5-4-14(17(21)18(15)29)12-8-23-24-9-12;;/h4-5,8-10,13,25,29H,6-7,11H2,1-3H3,(H,23,24);2*1H. The van der Waals surface area contributed by atoms with Crippen LogP contribution in [0, 0.1) is 5.82 Å². The highest BCUT2D eigenvalue weighted by Gasteiger charge is 2.27. The van der Waals surface area contributed by atoms with Crippen molar-refractivity contribution >= 4 is 30.8 Å². The van der Waals surface area contributed by atoms with E-state index in [1.165, 1.54) is 12.4 Å². The average Bonchev–Trinajstić information content (AvgIpc) is 3.35. The number of phenolic OH excluding ortho intramolecular Hbond substituents is 1. The van der Waals surface area contributed by atoms with E-state index in [-0.39, 0.29) is 41.5 Å². The Balaban J connectivity index is 0.00000171. The van der Waals surface area contributed by atoms with E-state index >= 15 is 0 Å². The number of phenols is 1. The number of nitrogens with one attached hydrogen (secondary N) is 2. The lowest BCUT2D eigenvalue weighted by Gasteiger charge is -2.25. The van der Waals surface area contributed by atoms with E-state index in [1.54, 1.807) is 18.3 Å². The van der Waals surface area contributed by atoms with Gasteiger partial charge in [-0.1, -0.05) is 6.07 Å². The molecule has 31 heavy (non-hydrogen) atoms. The predicted molar refractivity (Wildman–Crippen MR) is 122 cm³/mol. The molecule has 0 saturated carbocycles. The first-order valence-electron chi connectivity index (χ1n) is 9.55. The quantitative estimate of drug-likeness (QED) is 0.536. The van der Waals surface area contributed by atoms with Gasteiger partial charge in [-0.3, -0.25) is 5.10 Å². The van der Waals surface area contributed by atoms with Crippen LogP contribution in [0.15, 0.2) is 30.7 Å². The molecule has 0 radical (unpaired) electrons. The number of hydrogen-bond acceptors (Lipinski definition) is 7. The minimum atomic E-state index is -0.731. The number of nitrogens with zero attached hydrogens (tertiary/aromatic N) is 5. The highest BCUT2D eigenvalue weighted by molar-refractivity contribution is 5.85. The summed E-state index contributed by atoms with van der Waals surface area (Å²) in [7, 11) is 0. The van der Waals surface area contributed by atoms with Gasteiger partial charge >= 0.3 is 0 Å². The summed E-state index contributed by atoms with van der Waals surface area (Å²) < 4.78 is 14.6. The van der Waals surface area contributed by atoms with Crippen molar-refractivity contribution in [2.24, 2.45) is 0 Å². The zero-order valence-corrected chi connectivity index (χ0v) is 19.1. The van der Waals surface area contributed by atoms with Crippen molar-refractivity contribution in [3.63, 3.8) is 0 Å². The van der Waals surface area contributed by atoms with Gasteiger partial charge in [-0.15, -0.1) is 35.0 Å². The molecular formula is C20H26Cl2FN7O. The fraction of sp³-hybridized carbons (Fsp3) is 0.400. The second-order valence-corrected chi connectivity index (χ2v) is 8.28. The number of aromatic nitrogens is 5. The maximum Gasteiger partial charge on any atom is 0.245 e. The minimum Gasteiger partial charge on any atom is -0.504 e. The molecule has 1 saturated heterocycles. The lowest BCUT2D eigenvalue weighted by Crippen LogP contribution is -2.45. The molecule has 3 heterocycles. The van der Waals surface area contributed by atoms with E-state index in [0.717, 1.165) is 19.5 Å². The number of rotatable bonds is 4. The highest BCUT2D eigenvalue weighted by atomic mass is 35.5. The Bertz CT molecular complexity index is 994. The molecule has 3 aromatic rings. The molecular weight excluding hydrogens is 444 g/mol. The van der Waals surface area contributed by atoms with Gasteiger partial charge in [0.05, 0.1) is 12.4 Å². The van der Waals surface area contributed by atoms with Crippen molar-refractivity contribution < 1.29 is 9.50 Å². The molecule has 1 aliphatic heterocycles. The molecule has 0 bridgehead atoms. The van der Waals surface area contributed by atoms with Crippen LogP contribution in [0.5, 0.6) is 5.75 Å². The van der Waals surface area contributed by atoms with E-state index in [2.05, 4.69) is 56.4 Å². The number of aromatic amines is 1. The summed E-state index contributed by atoms with van der Waals surface area (Å²) in [5, 5.41) is 28.7. The Morgan fingerprint density at radius 2 is 1.90 bits per heavy atom. The van der Waals surface area contributed by atoms with Crippen LogP contribution >= 0.6 is 24.8 Å². The van der Waals surface area contributed by atoms with Crippen LogP contribution in [0.3, 0.4) is 0 Å². The normalized spacial score (nSPS) is 16.0. The third kappa shape index (κ3) is 5.41. The lowest BCUT2D eigenvalue weighted by molar-refractivity contribution is 0.373. The second-order valence-electron chi connectivity index (χ2n) is 8.28. The summed E-state index contributed by atoms with van der Waals surface area (Å²) in [6.45, 7) is 8.08. The lowest BCUT2D eigenvalue weighted by atomic mass is 10.0. The van der Waals surface area contributed by atoms with E-state index < -0.39 is 11.6 Å². The first kappa shape index (κ1) is 24.8. The number of aromatic hydroxyl groups is 1. The summed E-state index contributed by atoms with van der Waals surface area (Å²) in [6, 6.07) is 3.55. The van der Waals surface area contributed by atoms with Crippen LogP contribution in [0.4, 0.5) is 10.3 Å². The summed E-state index contributed by atoms with van der Waals surface area (Å²) in [6.07, 6.45) is 5.57. The largest absolute Gasteiger partial charge is 0.504 e. The van der Waals surface area contributed by atoms with Crippen molar-refractivity contribution in [3.05, 3.63) is 36.5 Å². The molecule has 1 aromatic carbocycles. The molecule has 0 amide bonds. The van der Waals surface area contributed by atoms with Crippen LogP contribution in [0.1, 0.15) is 27.2 Å². The third-order valence-corrected chi connectivity index (χ3v) is 4.86. The van der Waals surface area contributed by atoms with Crippen LogP contribution in [-0.4, -0.2) is 55.2 Å². The molecule has 4 rings (SSSR count). The third-order valence-electron chi connectivity index (χ3n) is 4.86. The molecule has 3 N–H and O–H groups in total.